The number of aliphatic hydroxyl groups is 1. The number of amides is 1. The summed E-state index contributed by atoms with van der Waals surface area (Å²) in [5.74, 6) is 5.58. The molecule has 0 bridgehead atoms. The van der Waals surface area contributed by atoms with E-state index in [2.05, 4.69) is 22.1 Å². The van der Waals surface area contributed by atoms with Gasteiger partial charge in [-0.05, 0) is 23.6 Å². The fourth-order valence-electron chi connectivity index (χ4n) is 1.66. The molecule has 1 heterocycles. The van der Waals surface area contributed by atoms with Crippen LogP contribution in [0.25, 0.3) is 0 Å². The van der Waals surface area contributed by atoms with Crippen LogP contribution in [0, 0.1) is 11.8 Å². The molecule has 112 valence electrons. The Labute approximate surface area is 129 Å². The number of hydrogen-bond donors (Lipinski definition) is 2. The number of alkyl carbamates (subject to hydrolysis) is 1. The fourth-order valence-corrected chi connectivity index (χ4v) is 1.66. The van der Waals surface area contributed by atoms with E-state index in [1.54, 1.807) is 18.2 Å². The Bertz CT molecular complexity index is 675. The molecule has 0 saturated carbocycles. The monoisotopic (exact) mass is 296 g/mol. The number of nitrogens with zero attached hydrogens (tertiary/aromatic N) is 1. The van der Waals surface area contributed by atoms with Gasteiger partial charge in [-0.15, -0.1) is 0 Å². The van der Waals surface area contributed by atoms with E-state index < -0.39 is 6.09 Å². The van der Waals surface area contributed by atoms with Gasteiger partial charge < -0.3 is 15.2 Å². The van der Waals surface area contributed by atoms with Gasteiger partial charge in [-0.2, -0.15) is 0 Å². The minimum absolute atomic E-state index is 0.125. The van der Waals surface area contributed by atoms with Gasteiger partial charge in [0.25, 0.3) is 0 Å². The zero-order valence-electron chi connectivity index (χ0n) is 12.0. The minimum Gasteiger partial charge on any atom is -0.445 e. The molecular weight excluding hydrogens is 280 g/mol. The molecule has 0 fully saturated rings. The molecule has 0 aliphatic heterocycles. The van der Waals surface area contributed by atoms with Gasteiger partial charge in [0.1, 0.15) is 12.3 Å². The molecule has 0 aliphatic carbocycles. The van der Waals surface area contributed by atoms with Crippen molar-refractivity contribution in [1.82, 2.24) is 10.3 Å². The second-order valence-electron chi connectivity index (χ2n) is 4.39. The molecule has 0 saturated heterocycles. The van der Waals surface area contributed by atoms with E-state index in [-0.39, 0.29) is 19.8 Å². The highest BCUT2D eigenvalue weighted by molar-refractivity contribution is 5.67. The summed E-state index contributed by atoms with van der Waals surface area (Å²) in [5.41, 5.74) is 2.03. The number of pyridine rings is 1. The third-order valence-corrected chi connectivity index (χ3v) is 2.72. The van der Waals surface area contributed by atoms with E-state index in [9.17, 15) is 4.79 Å². The summed E-state index contributed by atoms with van der Waals surface area (Å²) in [6.07, 6.45) is -0.518. The molecule has 2 N–H and O–H groups in total. The highest BCUT2D eigenvalue weighted by atomic mass is 16.5. The van der Waals surface area contributed by atoms with Crippen molar-refractivity contribution < 1.29 is 14.6 Å². The minimum atomic E-state index is -0.518. The largest absolute Gasteiger partial charge is 0.445 e. The van der Waals surface area contributed by atoms with Crippen LogP contribution in [0.1, 0.15) is 17.0 Å². The Morgan fingerprint density at radius 1 is 1.18 bits per heavy atom. The van der Waals surface area contributed by atoms with Crippen molar-refractivity contribution in [2.75, 3.05) is 6.54 Å². The highest BCUT2D eigenvalue weighted by Gasteiger charge is 2.00. The number of aliphatic hydroxyl groups excluding tert-OH is 1. The molecule has 0 radical (unpaired) electrons. The van der Waals surface area contributed by atoms with Crippen LogP contribution < -0.4 is 5.32 Å². The molecule has 0 atom stereocenters. The number of aromatic nitrogens is 1. The normalized spacial score (nSPS) is 9.50. The van der Waals surface area contributed by atoms with Gasteiger partial charge in [0.15, 0.2) is 0 Å². The Morgan fingerprint density at radius 2 is 2.00 bits per heavy atom. The van der Waals surface area contributed by atoms with Crippen LogP contribution in [-0.2, 0) is 18.0 Å². The third-order valence-electron chi connectivity index (χ3n) is 2.72. The first-order valence-corrected chi connectivity index (χ1v) is 6.78. The topological polar surface area (TPSA) is 71.5 Å². The first kappa shape index (κ1) is 15.5. The summed E-state index contributed by atoms with van der Waals surface area (Å²) >= 11 is 0. The molecule has 0 spiro atoms. The second-order valence-corrected chi connectivity index (χ2v) is 4.39. The van der Waals surface area contributed by atoms with Crippen molar-refractivity contribution in [1.29, 1.82) is 0 Å². The van der Waals surface area contributed by atoms with Crippen molar-refractivity contribution in [3.63, 3.8) is 0 Å². The van der Waals surface area contributed by atoms with E-state index in [0.29, 0.717) is 11.4 Å². The summed E-state index contributed by atoms with van der Waals surface area (Å²) in [5, 5.41) is 11.5. The van der Waals surface area contributed by atoms with Crippen LogP contribution in [0.2, 0.25) is 0 Å². The molecule has 2 rings (SSSR count). The quantitative estimate of drug-likeness (QED) is 0.845. The first-order chi connectivity index (χ1) is 10.8. The lowest BCUT2D eigenvalue weighted by Gasteiger charge is -2.04. The van der Waals surface area contributed by atoms with Gasteiger partial charge in [0.2, 0.25) is 0 Å². The smallest absolute Gasteiger partial charge is 0.408 e. The van der Waals surface area contributed by atoms with E-state index >= 15 is 0 Å². The Hall–Kier alpha value is -2.84. The predicted octanol–water partition coefficient (Wildman–Crippen LogP) is 1.85. The third kappa shape index (κ3) is 5.27. The maximum atomic E-state index is 11.5. The number of carbonyl (C=O) groups excluding carboxylic acids is 1. The van der Waals surface area contributed by atoms with Crippen LogP contribution in [0.3, 0.4) is 0 Å². The van der Waals surface area contributed by atoms with Crippen LogP contribution in [0.15, 0.2) is 48.5 Å². The molecule has 5 heteroatoms. The Kier molecular flexibility index (Phi) is 5.97. The molecule has 22 heavy (non-hydrogen) atoms. The van der Waals surface area contributed by atoms with Crippen molar-refractivity contribution in [2.24, 2.45) is 0 Å². The number of hydrogen-bond acceptors (Lipinski definition) is 4. The molecule has 2 aromatic rings. The average Bonchev–Trinajstić information content (AvgIpc) is 2.58. The van der Waals surface area contributed by atoms with Crippen molar-refractivity contribution in [3.05, 3.63) is 65.5 Å². The van der Waals surface area contributed by atoms with Gasteiger partial charge in [-0.25, -0.2) is 9.78 Å². The molecule has 1 amide bonds. The summed E-state index contributed by atoms with van der Waals surface area (Å²) in [4.78, 5) is 15.6. The van der Waals surface area contributed by atoms with Crippen molar-refractivity contribution in [3.8, 4) is 11.8 Å². The lowest BCUT2D eigenvalue weighted by Crippen LogP contribution is -2.24. The molecule has 5 nitrogen and oxygen atoms in total. The SMILES string of the molecule is O=C(NCC#Cc1cccc(CO)n1)OCc1ccccc1. The number of nitrogens with one attached hydrogen (secondary N) is 1. The lowest BCUT2D eigenvalue weighted by molar-refractivity contribution is 0.141. The predicted molar refractivity (Wildman–Crippen MR) is 81.7 cm³/mol. The number of benzene rings is 1. The van der Waals surface area contributed by atoms with Crippen molar-refractivity contribution >= 4 is 6.09 Å². The summed E-state index contributed by atoms with van der Waals surface area (Å²) < 4.78 is 5.05. The van der Waals surface area contributed by atoms with Gasteiger partial charge in [-0.3, -0.25) is 0 Å². The zero-order chi connectivity index (χ0) is 15.6. The van der Waals surface area contributed by atoms with Crippen LogP contribution in [0.5, 0.6) is 0 Å². The molecular formula is C17H16N2O3. The summed E-state index contributed by atoms with van der Waals surface area (Å²) in [7, 11) is 0. The second kappa shape index (κ2) is 8.45. The maximum Gasteiger partial charge on any atom is 0.408 e. The maximum absolute atomic E-state index is 11.5. The standard InChI is InChI=1S/C17H16N2O3/c20-12-16-9-4-8-15(19-16)10-5-11-18-17(21)22-13-14-6-2-1-3-7-14/h1-4,6-9,20H,11-13H2,(H,18,21). The van der Waals surface area contributed by atoms with E-state index in [1.165, 1.54) is 0 Å². The van der Waals surface area contributed by atoms with E-state index in [1.807, 2.05) is 30.3 Å². The number of rotatable bonds is 4. The number of carbonyl (C=O) groups is 1. The van der Waals surface area contributed by atoms with Crippen molar-refractivity contribution in [2.45, 2.75) is 13.2 Å². The van der Waals surface area contributed by atoms with E-state index in [0.717, 1.165) is 5.56 Å². The Morgan fingerprint density at radius 3 is 2.77 bits per heavy atom. The fraction of sp³-hybridized carbons (Fsp3) is 0.176. The van der Waals surface area contributed by atoms with Gasteiger partial charge in [0.05, 0.1) is 18.8 Å². The van der Waals surface area contributed by atoms with E-state index in [4.69, 9.17) is 9.84 Å². The lowest BCUT2D eigenvalue weighted by atomic mass is 10.2. The Balaban J connectivity index is 1.74. The summed E-state index contributed by atoms with van der Waals surface area (Å²) in [6, 6.07) is 14.7. The number of ether oxygens (including phenoxy) is 1. The highest BCUT2D eigenvalue weighted by Crippen LogP contribution is 2.00. The molecule has 0 aliphatic rings. The zero-order valence-corrected chi connectivity index (χ0v) is 12.0. The average molecular weight is 296 g/mol. The molecule has 1 aromatic heterocycles. The first-order valence-electron chi connectivity index (χ1n) is 6.78. The van der Waals surface area contributed by atoms with Gasteiger partial charge in [-0.1, -0.05) is 42.3 Å². The molecule has 1 aromatic carbocycles. The van der Waals surface area contributed by atoms with Gasteiger partial charge >= 0.3 is 6.09 Å². The molecule has 0 unspecified atom stereocenters. The van der Waals surface area contributed by atoms with Crippen LogP contribution in [-0.4, -0.2) is 22.7 Å². The summed E-state index contributed by atoms with van der Waals surface area (Å²) in [6.45, 7) is 0.262. The van der Waals surface area contributed by atoms with Gasteiger partial charge in [0, 0.05) is 0 Å². The van der Waals surface area contributed by atoms with Crippen LogP contribution >= 0.6 is 0 Å². The van der Waals surface area contributed by atoms with Crippen LogP contribution in [0.4, 0.5) is 4.79 Å².